The van der Waals surface area contributed by atoms with Gasteiger partial charge in [-0.05, 0) is 55.5 Å². The molecule has 0 aliphatic carbocycles. The summed E-state index contributed by atoms with van der Waals surface area (Å²) in [6, 6.07) is 17.8. The van der Waals surface area contributed by atoms with Gasteiger partial charge >= 0.3 is 18.1 Å². The molecule has 9 heteroatoms. The molecule has 2 rings (SSSR count). The van der Waals surface area contributed by atoms with Crippen LogP contribution in [0.1, 0.15) is 36.8 Å². The van der Waals surface area contributed by atoms with Crippen molar-refractivity contribution in [2.45, 2.75) is 44.9 Å². The second-order valence-electron chi connectivity index (χ2n) is 7.60. The second-order valence-corrected chi connectivity index (χ2v) is 7.60. The van der Waals surface area contributed by atoms with Crippen LogP contribution in [0.3, 0.4) is 0 Å². The van der Waals surface area contributed by atoms with Crippen molar-refractivity contribution in [3.8, 4) is 5.75 Å². The Labute approximate surface area is 197 Å². The molecule has 0 heterocycles. The van der Waals surface area contributed by atoms with Gasteiger partial charge in [0.1, 0.15) is 5.75 Å². The van der Waals surface area contributed by atoms with Crippen LogP contribution in [0, 0.1) is 0 Å². The largest absolute Gasteiger partial charge is 0.494 e. The number of benzene rings is 2. The van der Waals surface area contributed by atoms with Crippen LogP contribution in [0.2, 0.25) is 0 Å². The zero-order chi connectivity index (χ0) is 24.7. The maximum atomic E-state index is 12.0. The van der Waals surface area contributed by atoms with Crippen molar-refractivity contribution < 1.29 is 37.0 Å². The molecular formula is C25H30F3NO5. The summed E-state index contributed by atoms with van der Waals surface area (Å²) in [7, 11) is 0. The number of esters is 2. The monoisotopic (exact) mass is 481 g/mol. The Bertz CT molecular complexity index is 874. The maximum absolute atomic E-state index is 12.0. The highest BCUT2D eigenvalue weighted by molar-refractivity contribution is 5.88. The number of rotatable bonds is 15. The van der Waals surface area contributed by atoms with Gasteiger partial charge in [0.05, 0.1) is 19.6 Å². The van der Waals surface area contributed by atoms with Crippen molar-refractivity contribution in [2.24, 2.45) is 0 Å². The van der Waals surface area contributed by atoms with Crippen LogP contribution < -0.4 is 10.1 Å². The van der Waals surface area contributed by atoms with Crippen molar-refractivity contribution in [2.75, 3.05) is 26.3 Å². The molecule has 0 bridgehead atoms. The predicted octanol–water partition coefficient (Wildman–Crippen LogP) is 4.61. The molecule has 0 aliphatic rings. The summed E-state index contributed by atoms with van der Waals surface area (Å²) in [6.45, 7) is 2.59. The molecule has 1 N–H and O–H groups in total. The minimum atomic E-state index is -5.17. The van der Waals surface area contributed by atoms with E-state index in [1.165, 1.54) is 0 Å². The summed E-state index contributed by atoms with van der Waals surface area (Å²) in [5.74, 6) is -2.90. The molecule has 0 saturated heterocycles. The summed E-state index contributed by atoms with van der Waals surface area (Å²) in [4.78, 5) is 21.8. The molecule has 0 spiro atoms. The fraction of sp³-hybridized carbons (Fsp3) is 0.440. The number of aryl methyl sites for hydroxylation is 1. The summed E-state index contributed by atoms with van der Waals surface area (Å²) in [5.41, 5.74) is 2.26. The molecule has 34 heavy (non-hydrogen) atoms. The van der Waals surface area contributed by atoms with E-state index in [2.05, 4.69) is 10.1 Å². The van der Waals surface area contributed by atoms with E-state index in [-0.39, 0.29) is 13.0 Å². The standard InChI is InChI=1S/C25H30F3NO5/c26-25(27,28)24(31)34-23(30)13-15-29-14-7-11-20-10-6-12-22(18-20)33-17-5-4-16-32-19-21-8-2-1-3-9-21/h1-3,6,8-10,12,18,29H,4-5,7,11,13-17,19H2. The Hall–Kier alpha value is -2.91. The van der Waals surface area contributed by atoms with Crippen molar-refractivity contribution in [1.29, 1.82) is 0 Å². The van der Waals surface area contributed by atoms with E-state index in [1.807, 2.05) is 54.6 Å². The average Bonchev–Trinajstić information content (AvgIpc) is 2.81. The number of hydrogen-bond donors (Lipinski definition) is 1. The molecule has 0 unspecified atom stereocenters. The zero-order valence-electron chi connectivity index (χ0n) is 18.9. The van der Waals surface area contributed by atoms with Crippen LogP contribution >= 0.6 is 0 Å². The lowest BCUT2D eigenvalue weighted by molar-refractivity contribution is -0.201. The van der Waals surface area contributed by atoms with Crippen molar-refractivity contribution in [1.82, 2.24) is 5.32 Å². The molecule has 0 atom stereocenters. The Balaban J connectivity index is 1.50. The highest BCUT2D eigenvalue weighted by atomic mass is 19.4. The first-order chi connectivity index (χ1) is 16.3. The number of carbonyl (C=O) groups excluding carboxylic acids is 2. The van der Waals surface area contributed by atoms with Crippen molar-refractivity contribution in [3.63, 3.8) is 0 Å². The molecule has 6 nitrogen and oxygen atoms in total. The van der Waals surface area contributed by atoms with Crippen LogP contribution in [0.25, 0.3) is 0 Å². The minimum absolute atomic E-state index is 0.127. The van der Waals surface area contributed by atoms with Gasteiger partial charge in [0.25, 0.3) is 0 Å². The minimum Gasteiger partial charge on any atom is -0.494 e. The van der Waals surface area contributed by atoms with Crippen LogP contribution in [-0.2, 0) is 32.1 Å². The molecule has 0 saturated carbocycles. The van der Waals surface area contributed by atoms with E-state index < -0.39 is 18.1 Å². The third-order valence-corrected chi connectivity index (χ3v) is 4.72. The lowest BCUT2D eigenvalue weighted by Gasteiger charge is -2.09. The van der Waals surface area contributed by atoms with Gasteiger partial charge in [0.2, 0.25) is 0 Å². The van der Waals surface area contributed by atoms with E-state index in [0.717, 1.165) is 42.6 Å². The molecule has 186 valence electrons. The molecule has 0 radical (unpaired) electrons. The van der Waals surface area contributed by atoms with E-state index >= 15 is 0 Å². The molecule has 2 aromatic carbocycles. The van der Waals surface area contributed by atoms with Crippen LogP contribution in [-0.4, -0.2) is 44.4 Å². The van der Waals surface area contributed by atoms with Gasteiger partial charge < -0.3 is 19.5 Å². The SMILES string of the molecule is O=C(CCNCCCc1cccc(OCCCCOCc2ccccc2)c1)OC(=O)C(F)(F)F. The summed E-state index contributed by atoms with van der Waals surface area (Å²) in [5, 5.41) is 2.95. The Morgan fingerprint density at radius 3 is 2.35 bits per heavy atom. The van der Waals surface area contributed by atoms with E-state index in [4.69, 9.17) is 9.47 Å². The number of ether oxygens (including phenoxy) is 3. The molecule has 2 aromatic rings. The fourth-order valence-electron chi connectivity index (χ4n) is 3.00. The van der Waals surface area contributed by atoms with E-state index in [0.29, 0.717) is 26.4 Å². The average molecular weight is 482 g/mol. The molecule has 0 fully saturated rings. The Kier molecular flexibility index (Phi) is 12.1. The smallest absolute Gasteiger partial charge is 0.491 e. The van der Waals surface area contributed by atoms with Gasteiger partial charge in [0.15, 0.2) is 0 Å². The lowest BCUT2D eigenvalue weighted by Crippen LogP contribution is -2.29. The van der Waals surface area contributed by atoms with Gasteiger partial charge in [0, 0.05) is 13.2 Å². The Morgan fingerprint density at radius 1 is 0.853 bits per heavy atom. The predicted molar refractivity (Wildman–Crippen MR) is 120 cm³/mol. The van der Waals surface area contributed by atoms with E-state index in [9.17, 15) is 22.8 Å². The van der Waals surface area contributed by atoms with Crippen LogP contribution in [0.4, 0.5) is 13.2 Å². The fourth-order valence-corrected chi connectivity index (χ4v) is 3.00. The summed E-state index contributed by atoms with van der Waals surface area (Å²) >= 11 is 0. The van der Waals surface area contributed by atoms with Crippen LogP contribution in [0.5, 0.6) is 5.75 Å². The first-order valence-corrected chi connectivity index (χ1v) is 11.2. The first kappa shape index (κ1) is 27.3. The molecule has 0 aromatic heterocycles. The van der Waals surface area contributed by atoms with Crippen molar-refractivity contribution in [3.05, 3.63) is 65.7 Å². The summed E-state index contributed by atoms with van der Waals surface area (Å²) < 4.78 is 51.2. The first-order valence-electron chi connectivity index (χ1n) is 11.2. The number of hydrogen-bond acceptors (Lipinski definition) is 6. The molecule has 0 aliphatic heterocycles. The third-order valence-electron chi connectivity index (χ3n) is 4.72. The number of nitrogens with one attached hydrogen (secondary N) is 1. The number of halogens is 3. The quantitative estimate of drug-likeness (QED) is 0.228. The molecule has 0 amide bonds. The van der Waals surface area contributed by atoms with Gasteiger partial charge in [-0.15, -0.1) is 0 Å². The number of alkyl halides is 3. The highest BCUT2D eigenvalue weighted by Crippen LogP contribution is 2.17. The normalized spacial score (nSPS) is 11.3. The maximum Gasteiger partial charge on any atom is 0.491 e. The van der Waals surface area contributed by atoms with E-state index in [1.54, 1.807) is 0 Å². The molecular weight excluding hydrogens is 451 g/mol. The summed E-state index contributed by atoms with van der Waals surface area (Å²) in [6.07, 6.45) is -2.15. The van der Waals surface area contributed by atoms with Gasteiger partial charge in [-0.2, -0.15) is 13.2 Å². The highest BCUT2D eigenvalue weighted by Gasteiger charge is 2.42. The number of unbranched alkanes of at least 4 members (excludes halogenated alkanes) is 1. The zero-order valence-corrected chi connectivity index (χ0v) is 18.9. The van der Waals surface area contributed by atoms with Gasteiger partial charge in [-0.1, -0.05) is 42.5 Å². The lowest BCUT2D eigenvalue weighted by atomic mass is 10.1. The topological polar surface area (TPSA) is 73.9 Å². The van der Waals surface area contributed by atoms with Gasteiger partial charge in [-0.3, -0.25) is 4.79 Å². The third kappa shape index (κ3) is 11.8. The second kappa shape index (κ2) is 15.1. The Morgan fingerprint density at radius 2 is 1.59 bits per heavy atom. The van der Waals surface area contributed by atoms with Crippen LogP contribution in [0.15, 0.2) is 54.6 Å². The number of carbonyl (C=O) groups is 2. The van der Waals surface area contributed by atoms with Gasteiger partial charge in [-0.25, -0.2) is 4.79 Å². The van der Waals surface area contributed by atoms with Crippen molar-refractivity contribution >= 4 is 11.9 Å².